The zero-order valence-corrected chi connectivity index (χ0v) is 24.3. The van der Waals surface area contributed by atoms with E-state index in [0.717, 1.165) is 5.56 Å². The average molecular weight is 626 g/mol. The SMILES string of the molecule is C[C@H](Nc1cc(N2CC(F)(F)C2)cc(Nc2cnccn2)n1)c1ccc(F)cc1.Cl.NC1=CC=CC(N)(c2cnccn2)N1. The number of dihydropyridines is 1. The van der Waals surface area contributed by atoms with Gasteiger partial charge >= 0.3 is 0 Å². The third-order valence-corrected chi connectivity index (χ3v) is 6.55. The second-order valence-corrected chi connectivity index (χ2v) is 10.0. The van der Waals surface area contributed by atoms with Crippen molar-refractivity contribution in [1.82, 2.24) is 30.2 Å². The molecule has 11 nitrogen and oxygen atoms in total. The van der Waals surface area contributed by atoms with Gasteiger partial charge in [-0.3, -0.25) is 15.0 Å². The van der Waals surface area contributed by atoms with Crippen LogP contribution in [0.4, 0.5) is 36.3 Å². The summed E-state index contributed by atoms with van der Waals surface area (Å²) in [5, 5.41) is 9.22. The van der Waals surface area contributed by atoms with Crippen LogP contribution in [0.25, 0.3) is 0 Å². The number of hydrogen-bond acceptors (Lipinski definition) is 11. The van der Waals surface area contributed by atoms with Gasteiger partial charge in [0.2, 0.25) is 0 Å². The molecule has 2 aliphatic rings. The lowest BCUT2D eigenvalue weighted by Crippen LogP contribution is -2.56. The van der Waals surface area contributed by atoms with E-state index in [9.17, 15) is 13.2 Å². The number of nitrogens with one attached hydrogen (secondary N) is 3. The standard InChI is InChI=1S/C20H19F3N6.C9H11N5.ClH/c1-13(14-2-4-15(21)5-3-14)26-17-8-16(29-11-20(22,23)12-29)9-18(27-17)28-19-10-24-6-7-25-19;10-8-2-1-3-9(11,14-8)7-6-12-4-5-13-7;/h2-10,13H,11-12H2,1H3,(H2,25,26,27,28);1-6,14H,10-11H2;1H/t13-;;/m0../s1. The Morgan fingerprint density at radius 3 is 2.25 bits per heavy atom. The Morgan fingerprint density at radius 1 is 0.955 bits per heavy atom. The van der Waals surface area contributed by atoms with Crippen LogP contribution in [0.2, 0.25) is 0 Å². The summed E-state index contributed by atoms with van der Waals surface area (Å²) >= 11 is 0. The Hall–Kier alpha value is -4.95. The molecule has 2 atom stereocenters. The fraction of sp³-hybridized carbons (Fsp3) is 0.207. The van der Waals surface area contributed by atoms with Gasteiger partial charge in [-0.2, -0.15) is 0 Å². The predicted octanol–water partition coefficient (Wildman–Crippen LogP) is 4.35. The van der Waals surface area contributed by atoms with Crippen molar-refractivity contribution in [2.75, 3.05) is 28.6 Å². The van der Waals surface area contributed by atoms with Crippen molar-refractivity contribution in [3.8, 4) is 0 Å². The Morgan fingerprint density at radius 2 is 1.64 bits per heavy atom. The first-order valence-electron chi connectivity index (χ1n) is 13.3. The number of anilines is 4. The first-order valence-corrected chi connectivity index (χ1v) is 13.3. The van der Waals surface area contributed by atoms with Crippen molar-refractivity contribution in [2.24, 2.45) is 11.5 Å². The summed E-state index contributed by atoms with van der Waals surface area (Å²) in [4.78, 5) is 22.3. The topological polar surface area (TPSA) is 156 Å². The minimum absolute atomic E-state index is 0. The molecule has 0 radical (unpaired) electrons. The van der Waals surface area contributed by atoms with Gasteiger partial charge < -0.3 is 32.3 Å². The summed E-state index contributed by atoms with van der Waals surface area (Å²) in [5.41, 5.74) is 12.9. The Labute approximate surface area is 258 Å². The summed E-state index contributed by atoms with van der Waals surface area (Å²) in [7, 11) is 0. The van der Waals surface area contributed by atoms with Crippen molar-refractivity contribution in [3.05, 3.63) is 115 Å². The first-order chi connectivity index (χ1) is 20.6. The maximum absolute atomic E-state index is 13.3. The average Bonchev–Trinajstić information content (AvgIpc) is 2.97. The van der Waals surface area contributed by atoms with Crippen LogP contribution < -0.4 is 32.3 Å². The number of rotatable bonds is 7. The zero-order valence-electron chi connectivity index (χ0n) is 23.5. The largest absolute Gasteiger partial charge is 0.385 e. The normalized spacial score (nSPS) is 18.7. The third kappa shape index (κ3) is 8.11. The van der Waals surface area contributed by atoms with E-state index in [2.05, 4.69) is 40.9 Å². The number of nitrogens with two attached hydrogens (primary N) is 2. The predicted molar refractivity (Wildman–Crippen MR) is 165 cm³/mol. The quantitative estimate of drug-likeness (QED) is 0.199. The molecule has 6 rings (SSSR count). The number of nitrogens with zero attached hydrogens (tertiary/aromatic N) is 6. The second kappa shape index (κ2) is 13.6. The molecule has 0 saturated carbocycles. The van der Waals surface area contributed by atoms with Gasteiger partial charge in [0.25, 0.3) is 5.92 Å². The van der Waals surface area contributed by atoms with Gasteiger partial charge in [-0.05, 0) is 36.8 Å². The molecule has 0 spiro atoms. The van der Waals surface area contributed by atoms with Crippen LogP contribution in [0.15, 0.2) is 97.6 Å². The molecule has 230 valence electrons. The lowest BCUT2D eigenvalue weighted by Gasteiger charge is -2.40. The van der Waals surface area contributed by atoms with Gasteiger partial charge in [0.1, 0.15) is 29.0 Å². The number of allylic oxidation sites excluding steroid dienone is 2. The van der Waals surface area contributed by atoms with Gasteiger partial charge in [-0.25, -0.2) is 23.1 Å². The van der Waals surface area contributed by atoms with Crippen molar-refractivity contribution in [2.45, 2.75) is 24.6 Å². The lowest BCUT2D eigenvalue weighted by molar-refractivity contribution is -0.0262. The molecule has 1 aromatic carbocycles. The fourth-order valence-electron chi connectivity index (χ4n) is 4.37. The maximum Gasteiger partial charge on any atom is 0.282 e. The summed E-state index contributed by atoms with van der Waals surface area (Å²) in [5.74, 6) is -1.04. The molecule has 15 heteroatoms. The van der Waals surface area contributed by atoms with Crippen molar-refractivity contribution < 1.29 is 13.2 Å². The molecule has 0 aliphatic carbocycles. The number of pyridine rings is 1. The van der Waals surface area contributed by atoms with Crippen LogP contribution in [0.1, 0.15) is 24.2 Å². The third-order valence-electron chi connectivity index (χ3n) is 6.55. The summed E-state index contributed by atoms with van der Waals surface area (Å²) in [6.45, 7) is 1.23. The second-order valence-electron chi connectivity index (χ2n) is 10.0. The highest BCUT2D eigenvalue weighted by atomic mass is 35.5. The van der Waals surface area contributed by atoms with Crippen LogP contribution in [0.3, 0.4) is 0 Å². The number of benzene rings is 1. The molecule has 5 heterocycles. The molecular weight excluding hydrogens is 595 g/mol. The number of alkyl halides is 2. The van der Waals surface area contributed by atoms with Gasteiger partial charge in [-0.1, -0.05) is 18.2 Å². The number of hydrogen-bond donors (Lipinski definition) is 5. The van der Waals surface area contributed by atoms with Crippen LogP contribution in [-0.2, 0) is 5.66 Å². The Balaban J connectivity index is 0.000000248. The van der Waals surface area contributed by atoms with Crippen molar-refractivity contribution in [3.63, 3.8) is 0 Å². The Bertz CT molecular complexity index is 1580. The fourth-order valence-corrected chi connectivity index (χ4v) is 4.37. The van der Waals surface area contributed by atoms with Crippen molar-refractivity contribution in [1.29, 1.82) is 0 Å². The molecule has 4 aromatic rings. The summed E-state index contributed by atoms with van der Waals surface area (Å²) < 4.78 is 39.9. The van der Waals surface area contributed by atoms with E-state index in [0.29, 0.717) is 34.7 Å². The molecule has 7 N–H and O–H groups in total. The zero-order chi connectivity index (χ0) is 30.5. The molecule has 3 aromatic heterocycles. The lowest BCUT2D eigenvalue weighted by atomic mass is 10.1. The van der Waals surface area contributed by atoms with Crippen LogP contribution >= 0.6 is 12.4 Å². The van der Waals surface area contributed by atoms with Gasteiger partial charge in [0, 0.05) is 48.6 Å². The monoisotopic (exact) mass is 625 g/mol. The first kappa shape index (κ1) is 32.0. The molecule has 0 bridgehead atoms. The van der Waals surface area contributed by atoms with E-state index in [1.807, 2.05) is 6.92 Å². The summed E-state index contributed by atoms with van der Waals surface area (Å²) in [6, 6.07) is 9.40. The molecule has 1 saturated heterocycles. The van der Waals surface area contributed by atoms with Crippen LogP contribution in [0, 0.1) is 5.82 Å². The molecule has 2 aliphatic heterocycles. The molecule has 1 fully saturated rings. The minimum Gasteiger partial charge on any atom is -0.385 e. The van der Waals surface area contributed by atoms with Crippen LogP contribution in [0.5, 0.6) is 0 Å². The minimum atomic E-state index is -2.68. The highest BCUT2D eigenvalue weighted by Crippen LogP contribution is 2.35. The van der Waals surface area contributed by atoms with E-state index < -0.39 is 11.6 Å². The maximum atomic E-state index is 13.3. The molecule has 1 unspecified atom stereocenters. The molecule has 0 amide bonds. The van der Waals surface area contributed by atoms with Gasteiger partial charge in [0.05, 0.1) is 31.3 Å². The van der Waals surface area contributed by atoms with E-state index in [1.54, 1.807) is 78.4 Å². The molecular formula is C29H31ClF3N11. The smallest absolute Gasteiger partial charge is 0.282 e. The van der Waals surface area contributed by atoms with Crippen molar-refractivity contribution >= 4 is 35.5 Å². The Kier molecular flexibility index (Phi) is 9.86. The van der Waals surface area contributed by atoms with E-state index in [4.69, 9.17) is 11.5 Å². The van der Waals surface area contributed by atoms with E-state index >= 15 is 0 Å². The number of aromatic nitrogens is 5. The molecule has 44 heavy (non-hydrogen) atoms. The van der Waals surface area contributed by atoms with Gasteiger partial charge in [-0.15, -0.1) is 12.4 Å². The highest BCUT2D eigenvalue weighted by Gasteiger charge is 2.44. The van der Waals surface area contributed by atoms with E-state index in [1.165, 1.54) is 18.3 Å². The van der Waals surface area contributed by atoms with Crippen LogP contribution in [-0.4, -0.2) is 43.9 Å². The highest BCUT2D eigenvalue weighted by molar-refractivity contribution is 5.85. The number of halogens is 4. The van der Waals surface area contributed by atoms with Gasteiger partial charge in [0.15, 0.2) is 5.66 Å². The summed E-state index contributed by atoms with van der Waals surface area (Å²) in [6.07, 6.45) is 14.7. The van der Waals surface area contributed by atoms with E-state index in [-0.39, 0.29) is 37.4 Å².